The summed E-state index contributed by atoms with van der Waals surface area (Å²) in [7, 11) is 0. The molecule has 1 aromatic heterocycles. The van der Waals surface area contributed by atoms with Gasteiger partial charge in [0.15, 0.2) is 5.69 Å². The van der Waals surface area contributed by atoms with Crippen LogP contribution in [0.2, 0.25) is 5.02 Å². The second-order valence-corrected chi connectivity index (χ2v) is 4.84. The van der Waals surface area contributed by atoms with Crippen molar-refractivity contribution in [3.8, 4) is 0 Å². The van der Waals surface area contributed by atoms with Crippen molar-refractivity contribution in [3.63, 3.8) is 0 Å². The molecule has 1 aromatic carbocycles. The molecule has 0 spiro atoms. The number of nitrogens with two attached hydrogens (primary N) is 1. The van der Waals surface area contributed by atoms with Gasteiger partial charge in [-0.2, -0.15) is 5.10 Å². The lowest BCUT2D eigenvalue weighted by molar-refractivity contribution is 0.0517. The molecule has 7 heteroatoms. The molecule has 0 saturated heterocycles. The molecule has 0 amide bonds. The molecule has 0 atom stereocenters. The van der Waals surface area contributed by atoms with Crippen LogP contribution in [0.25, 0.3) is 0 Å². The molecular weight excluding hydrogens is 297 g/mol. The van der Waals surface area contributed by atoms with Crippen molar-refractivity contribution in [2.24, 2.45) is 0 Å². The summed E-state index contributed by atoms with van der Waals surface area (Å²) < 4.78 is 20.0. The van der Waals surface area contributed by atoms with Crippen molar-refractivity contribution in [2.75, 3.05) is 12.3 Å². The molecule has 0 fully saturated rings. The highest BCUT2D eigenvalue weighted by molar-refractivity contribution is 6.31. The molecule has 2 aromatic rings. The fourth-order valence-electron chi connectivity index (χ4n) is 1.91. The van der Waals surface area contributed by atoms with Gasteiger partial charge in [0.1, 0.15) is 11.6 Å². The third-order valence-electron chi connectivity index (χ3n) is 3.08. The second kappa shape index (κ2) is 6.13. The zero-order valence-electron chi connectivity index (χ0n) is 11.7. The van der Waals surface area contributed by atoms with Gasteiger partial charge in [-0.3, -0.25) is 0 Å². The van der Waals surface area contributed by atoms with Crippen LogP contribution in [0, 0.1) is 12.7 Å². The van der Waals surface area contributed by atoms with E-state index in [2.05, 4.69) is 5.10 Å². The highest BCUT2D eigenvalue weighted by Gasteiger charge is 2.20. The molecule has 112 valence electrons. The number of esters is 1. The fourth-order valence-corrected chi connectivity index (χ4v) is 2.13. The molecule has 2 N–H and O–H groups in total. The monoisotopic (exact) mass is 311 g/mol. The Kier molecular flexibility index (Phi) is 4.47. The van der Waals surface area contributed by atoms with Crippen LogP contribution in [0.3, 0.4) is 0 Å². The summed E-state index contributed by atoms with van der Waals surface area (Å²) in [6, 6.07) is 4.40. The number of ether oxygens (including phenoxy) is 1. The number of aromatic nitrogens is 2. The van der Waals surface area contributed by atoms with Gasteiger partial charge >= 0.3 is 5.97 Å². The van der Waals surface area contributed by atoms with Gasteiger partial charge in [-0.25, -0.2) is 13.9 Å². The number of anilines is 1. The summed E-state index contributed by atoms with van der Waals surface area (Å²) in [6.45, 7) is 3.64. The Morgan fingerprint density at radius 1 is 1.52 bits per heavy atom. The van der Waals surface area contributed by atoms with Crippen molar-refractivity contribution < 1.29 is 13.9 Å². The minimum atomic E-state index is -0.555. The lowest BCUT2D eigenvalue weighted by atomic mass is 10.2. The number of halogens is 2. The van der Waals surface area contributed by atoms with Gasteiger partial charge in [0.2, 0.25) is 0 Å². The summed E-state index contributed by atoms with van der Waals surface area (Å²) in [6.07, 6.45) is 0. The van der Waals surface area contributed by atoms with E-state index in [9.17, 15) is 9.18 Å². The number of hydrogen-bond donors (Lipinski definition) is 1. The van der Waals surface area contributed by atoms with Crippen LogP contribution in [0.1, 0.15) is 28.5 Å². The van der Waals surface area contributed by atoms with Crippen molar-refractivity contribution in [2.45, 2.75) is 20.4 Å². The van der Waals surface area contributed by atoms with Gasteiger partial charge in [-0.15, -0.1) is 0 Å². The third-order valence-corrected chi connectivity index (χ3v) is 3.43. The van der Waals surface area contributed by atoms with Gasteiger partial charge in [0, 0.05) is 16.1 Å². The Bertz CT molecular complexity index is 665. The first kappa shape index (κ1) is 15.3. The van der Waals surface area contributed by atoms with Crippen LogP contribution in [0.5, 0.6) is 0 Å². The predicted octanol–water partition coefficient (Wildman–Crippen LogP) is 2.79. The molecule has 2 rings (SSSR count). The van der Waals surface area contributed by atoms with Crippen LogP contribution >= 0.6 is 11.6 Å². The number of carbonyl (C=O) groups excluding carboxylic acids is 1. The van der Waals surface area contributed by atoms with E-state index >= 15 is 0 Å². The summed E-state index contributed by atoms with van der Waals surface area (Å²) in [5.74, 6) is -0.731. The Morgan fingerprint density at radius 3 is 2.86 bits per heavy atom. The summed E-state index contributed by atoms with van der Waals surface area (Å²) in [4.78, 5) is 11.8. The number of nitrogens with zero attached hydrogens (tertiary/aromatic N) is 2. The van der Waals surface area contributed by atoms with Crippen molar-refractivity contribution in [1.29, 1.82) is 0 Å². The molecular formula is C14H15ClFN3O2. The van der Waals surface area contributed by atoms with E-state index in [1.54, 1.807) is 19.9 Å². The van der Waals surface area contributed by atoms with Crippen LogP contribution in [0.15, 0.2) is 18.2 Å². The molecule has 0 aliphatic rings. The van der Waals surface area contributed by atoms with E-state index in [1.165, 1.54) is 16.8 Å². The number of rotatable bonds is 4. The van der Waals surface area contributed by atoms with Crippen LogP contribution in [-0.4, -0.2) is 22.4 Å². The molecule has 21 heavy (non-hydrogen) atoms. The topological polar surface area (TPSA) is 70.1 Å². The molecule has 0 radical (unpaired) electrons. The summed E-state index contributed by atoms with van der Waals surface area (Å²) in [5.41, 5.74) is 6.81. The zero-order valence-corrected chi connectivity index (χ0v) is 12.4. The van der Waals surface area contributed by atoms with Crippen LogP contribution < -0.4 is 5.73 Å². The molecule has 0 bridgehead atoms. The molecule has 0 saturated carbocycles. The molecule has 1 heterocycles. The number of nitrogen functional groups attached to an aromatic ring is 1. The summed E-state index contributed by atoms with van der Waals surface area (Å²) in [5, 5.41) is 4.38. The minimum absolute atomic E-state index is 0.0393. The normalized spacial score (nSPS) is 10.7. The second-order valence-electron chi connectivity index (χ2n) is 4.44. The number of benzene rings is 1. The largest absolute Gasteiger partial charge is 0.461 e. The van der Waals surface area contributed by atoms with Gasteiger partial charge in [0.25, 0.3) is 0 Å². The Balaban J connectivity index is 2.38. The Labute approximate surface area is 126 Å². The third kappa shape index (κ3) is 3.00. The fraction of sp³-hybridized carbons (Fsp3) is 0.286. The minimum Gasteiger partial charge on any atom is -0.461 e. The van der Waals surface area contributed by atoms with Gasteiger partial charge in [-0.05, 0) is 26.0 Å². The van der Waals surface area contributed by atoms with E-state index in [4.69, 9.17) is 22.1 Å². The maximum absolute atomic E-state index is 13.8. The lowest BCUT2D eigenvalue weighted by Crippen LogP contribution is -2.10. The van der Waals surface area contributed by atoms with E-state index in [1.807, 2.05) is 0 Å². The van der Waals surface area contributed by atoms with Crippen molar-refractivity contribution >= 4 is 23.4 Å². The smallest absolute Gasteiger partial charge is 0.359 e. The average molecular weight is 312 g/mol. The molecule has 0 unspecified atom stereocenters. The van der Waals surface area contributed by atoms with Gasteiger partial charge < -0.3 is 10.5 Å². The van der Waals surface area contributed by atoms with Crippen LogP contribution in [-0.2, 0) is 11.3 Å². The molecule has 0 aliphatic carbocycles. The van der Waals surface area contributed by atoms with E-state index in [-0.39, 0.29) is 35.2 Å². The first-order valence-corrected chi connectivity index (χ1v) is 6.76. The lowest BCUT2D eigenvalue weighted by Gasteiger charge is -2.07. The highest BCUT2D eigenvalue weighted by atomic mass is 35.5. The first-order chi connectivity index (χ1) is 9.95. The summed E-state index contributed by atoms with van der Waals surface area (Å²) >= 11 is 5.98. The van der Waals surface area contributed by atoms with E-state index < -0.39 is 11.8 Å². The van der Waals surface area contributed by atoms with Gasteiger partial charge in [0.05, 0.1) is 13.2 Å². The van der Waals surface area contributed by atoms with E-state index in [0.717, 1.165) is 0 Å². The maximum atomic E-state index is 13.8. The van der Waals surface area contributed by atoms with E-state index in [0.29, 0.717) is 5.56 Å². The Hall–Kier alpha value is -2.08. The highest BCUT2D eigenvalue weighted by Crippen LogP contribution is 2.23. The van der Waals surface area contributed by atoms with Crippen LogP contribution in [0.4, 0.5) is 10.2 Å². The maximum Gasteiger partial charge on any atom is 0.359 e. The standard InChI is InChI=1S/C14H15ClFN3O2/c1-3-21-14(20)12-8(2)13(17)19(18-12)7-9-10(15)5-4-6-11(9)16/h4-6H,3,7,17H2,1-2H3. The average Bonchev–Trinajstić information content (AvgIpc) is 2.71. The quantitative estimate of drug-likeness (QED) is 0.881. The number of hydrogen-bond acceptors (Lipinski definition) is 4. The Morgan fingerprint density at radius 2 is 2.24 bits per heavy atom. The SMILES string of the molecule is CCOC(=O)c1nn(Cc2c(F)cccc2Cl)c(N)c1C. The van der Waals surface area contributed by atoms with Crippen molar-refractivity contribution in [3.05, 3.63) is 45.9 Å². The molecule has 5 nitrogen and oxygen atoms in total. The number of carbonyl (C=O) groups is 1. The van der Waals surface area contributed by atoms with Crippen molar-refractivity contribution in [1.82, 2.24) is 9.78 Å². The predicted molar refractivity (Wildman–Crippen MR) is 77.8 cm³/mol. The molecule has 0 aliphatic heterocycles. The van der Waals surface area contributed by atoms with Gasteiger partial charge in [-0.1, -0.05) is 17.7 Å². The first-order valence-electron chi connectivity index (χ1n) is 6.38. The zero-order chi connectivity index (χ0) is 15.6.